The van der Waals surface area contributed by atoms with E-state index in [2.05, 4.69) is 5.32 Å². The van der Waals surface area contributed by atoms with Crippen LogP contribution >= 0.6 is 0 Å². The molecule has 1 unspecified atom stereocenters. The molecule has 7 nitrogen and oxygen atoms in total. The van der Waals surface area contributed by atoms with Crippen molar-refractivity contribution in [3.05, 3.63) is 0 Å². The molecule has 0 aromatic rings. The molecule has 0 radical (unpaired) electrons. The molecule has 2 aliphatic rings. The first kappa shape index (κ1) is 15.6. The SMILES string of the molecule is COC(=O)C1CCN(C(=O)NC(CC(=O)O)C2CC2)CC1. The molecule has 1 saturated heterocycles. The Morgan fingerprint density at radius 1 is 1.24 bits per heavy atom. The first-order valence-corrected chi connectivity index (χ1v) is 7.36. The highest BCUT2D eigenvalue weighted by molar-refractivity contribution is 5.77. The van der Waals surface area contributed by atoms with Gasteiger partial charge in [0.1, 0.15) is 0 Å². The smallest absolute Gasteiger partial charge is 0.317 e. The Kier molecular flexibility index (Phi) is 5.03. The fraction of sp³-hybridized carbons (Fsp3) is 0.786. The number of likely N-dealkylation sites (tertiary alicyclic amines) is 1. The number of esters is 1. The van der Waals surface area contributed by atoms with E-state index in [1.165, 1.54) is 7.11 Å². The van der Waals surface area contributed by atoms with Gasteiger partial charge in [-0.15, -0.1) is 0 Å². The summed E-state index contributed by atoms with van der Waals surface area (Å²) in [5, 5.41) is 11.7. The van der Waals surface area contributed by atoms with Gasteiger partial charge in [0.15, 0.2) is 0 Å². The average Bonchev–Trinajstić information content (AvgIpc) is 3.30. The topological polar surface area (TPSA) is 95.9 Å². The van der Waals surface area contributed by atoms with Crippen LogP contribution in [0.2, 0.25) is 0 Å². The Morgan fingerprint density at radius 2 is 1.86 bits per heavy atom. The Hall–Kier alpha value is -1.79. The molecule has 1 atom stereocenters. The summed E-state index contributed by atoms with van der Waals surface area (Å²) in [6.45, 7) is 0.992. The number of amides is 2. The number of rotatable bonds is 5. The number of hydrogen-bond acceptors (Lipinski definition) is 4. The van der Waals surface area contributed by atoms with E-state index in [0.29, 0.717) is 25.9 Å². The monoisotopic (exact) mass is 298 g/mol. The van der Waals surface area contributed by atoms with Crippen LogP contribution in [0.25, 0.3) is 0 Å². The fourth-order valence-electron chi connectivity index (χ4n) is 2.76. The van der Waals surface area contributed by atoms with Crippen molar-refractivity contribution in [3.8, 4) is 0 Å². The molecule has 2 N–H and O–H groups in total. The molecule has 2 rings (SSSR count). The second-order valence-electron chi connectivity index (χ2n) is 5.78. The van der Waals surface area contributed by atoms with Crippen LogP contribution in [0.4, 0.5) is 4.79 Å². The van der Waals surface area contributed by atoms with Crippen LogP contribution in [0.3, 0.4) is 0 Å². The van der Waals surface area contributed by atoms with Crippen LogP contribution in [0.15, 0.2) is 0 Å². The molecule has 1 aliphatic carbocycles. The molecule has 1 saturated carbocycles. The average molecular weight is 298 g/mol. The Bertz CT molecular complexity index is 414. The normalized spacial score (nSPS) is 20.7. The summed E-state index contributed by atoms with van der Waals surface area (Å²) in [5.41, 5.74) is 0. The van der Waals surface area contributed by atoms with Gasteiger partial charge in [-0.3, -0.25) is 9.59 Å². The largest absolute Gasteiger partial charge is 0.481 e. The van der Waals surface area contributed by atoms with Crippen LogP contribution in [-0.2, 0) is 14.3 Å². The lowest BCUT2D eigenvalue weighted by atomic mass is 9.97. The van der Waals surface area contributed by atoms with Gasteiger partial charge >= 0.3 is 18.0 Å². The van der Waals surface area contributed by atoms with E-state index in [-0.39, 0.29) is 36.3 Å². The third kappa shape index (κ3) is 4.34. The van der Waals surface area contributed by atoms with Gasteiger partial charge in [0.05, 0.1) is 19.4 Å². The summed E-state index contributed by atoms with van der Waals surface area (Å²) in [6, 6.07) is -0.509. The minimum atomic E-state index is -0.892. The molecule has 1 aliphatic heterocycles. The number of carbonyl (C=O) groups excluding carboxylic acids is 2. The van der Waals surface area contributed by atoms with Crippen LogP contribution in [0.5, 0.6) is 0 Å². The Balaban J connectivity index is 1.81. The summed E-state index contributed by atoms with van der Waals surface area (Å²) in [5.74, 6) is -0.969. The van der Waals surface area contributed by atoms with Gasteiger partial charge in [-0.05, 0) is 31.6 Å². The first-order chi connectivity index (χ1) is 10.0. The van der Waals surface area contributed by atoms with E-state index >= 15 is 0 Å². The van der Waals surface area contributed by atoms with Crippen molar-refractivity contribution >= 4 is 18.0 Å². The van der Waals surface area contributed by atoms with Crippen LogP contribution < -0.4 is 5.32 Å². The molecule has 2 amide bonds. The standard InChI is InChI=1S/C14H22N2O5/c1-21-13(19)10-4-6-16(7-5-10)14(20)15-11(8-12(17)18)9-2-3-9/h9-11H,2-8H2,1H3,(H,15,20)(H,17,18). The lowest BCUT2D eigenvalue weighted by Gasteiger charge is -2.32. The van der Waals surface area contributed by atoms with Crippen LogP contribution in [0.1, 0.15) is 32.1 Å². The minimum Gasteiger partial charge on any atom is -0.481 e. The highest BCUT2D eigenvalue weighted by Crippen LogP contribution is 2.34. The number of carbonyl (C=O) groups is 3. The Labute approximate surface area is 123 Å². The van der Waals surface area contributed by atoms with E-state index in [0.717, 1.165) is 12.8 Å². The van der Waals surface area contributed by atoms with Gasteiger partial charge in [0, 0.05) is 19.1 Å². The van der Waals surface area contributed by atoms with Crippen molar-refractivity contribution in [1.82, 2.24) is 10.2 Å². The zero-order valence-corrected chi connectivity index (χ0v) is 12.2. The lowest BCUT2D eigenvalue weighted by molar-refractivity contribution is -0.146. The molecular weight excluding hydrogens is 276 g/mol. The van der Waals surface area contributed by atoms with E-state index in [4.69, 9.17) is 9.84 Å². The van der Waals surface area contributed by atoms with Crippen molar-refractivity contribution in [2.24, 2.45) is 11.8 Å². The second kappa shape index (κ2) is 6.78. The third-order valence-electron chi connectivity index (χ3n) is 4.21. The van der Waals surface area contributed by atoms with Gasteiger partial charge < -0.3 is 20.1 Å². The third-order valence-corrected chi connectivity index (χ3v) is 4.21. The van der Waals surface area contributed by atoms with E-state index in [9.17, 15) is 14.4 Å². The van der Waals surface area contributed by atoms with Crippen LogP contribution in [0, 0.1) is 11.8 Å². The maximum Gasteiger partial charge on any atom is 0.317 e. The van der Waals surface area contributed by atoms with E-state index in [1.807, 2.05) is 0 Å². The summed E-state index contributed by atoms with van der Waals surface area (Å²) >= 11 is 0. The van der Waals surface area contributed by atoms with E-state index in [1.54, 1.807) is 4.90 Å². The molecule has 21 heavy (non-hydrogen) atoms. The summed E-state index contributed by atoms with van der Waals surface area (Å²) in [7, 11) is 1.37. The van der Waals surface area contributed by atoms with E-state index < -0.39 is 5.97 Å². The van der Waals surface area contributed by atoms with Gasteiger partial charge in [0.25, 0.3) is 0 Å². The number of methoxy groups -OCH3 is 1. The maximum absolute atomic E-state index is 12.2. The predicted molar refractivity (Wildman–Crippen MR) is 73.6 cm³/mol. The highest BCUT2D eigenvalue weighted by atomic mass is 16.5. The van der Waals surface area contributed by atoms with Crippen LogP contribution in [-0.4, -0.2) is 54.2 Å². The number of carboxylic acids is 1. The van der Waals surface area contributed by atoms with Gasteiger partial charge in [-0.2, -0.15) is 0 Å². The van der Waals surface area contributed by atoms with Crippen molar-refractivity contribution < 1.29 is 24.2 Å². The molecule has 2 fully saturated rings. The zero-order chi connectivity index (χ0) is 15.4. The number of piperidine rings is 1. The molecule has 118 valence electrons. The second-order valence-corrected chi connectivity index (χ2v) is 5.78. The summed E-state index contributed by atoms with van der Waals surface area (Å²) < 4.78 is 4.71. The van der Waals surface area contributed by atoms with Gasteiger partial charge in [-0.1, -0.05) is 0 Å². The zero-order valence-electron chi connectivity index (χ0n) is 12.2. The molecule has 0 bridgehead atoms. The number of carboxylic acid groups (broad SMARTS) is 1. The first-order valence-electron chi connectivity index (χ1n) is 7.36. The quantitative estimate of drug-likeness (QED) is 0.733. The maximum atomic E-state index is 12.2. The number of nitrogens with one attached hydrogen (secondary N) is 1. The fourth-order valence-corrected chi connectivity index (χ4v) is 2.76. The summed E-state index contributed by atoms with van der Waals surface area (Å²) in [4.78, 5) is 36.1. The molecule has 7 heteroatoms. The van der Waals surface area contributed by atoms with Gasteiger partial charge in [-0.25, -0.2) is 4.79 Å². The molecule has 0 spiro atoms. The van der Waals surface area contributed by atoms with Crippen molar-refractivity contribution in [3.63, 3.8) is 0 Å². The Morgan fingerprint density at radius 3 is 2.33 bits per heavy atom. The molecule has 0 aromatic carbocycles. The van der Waals surface area contributed by atoms with Crippen molar-refractivity contribution in [2.75, 3.05) is 20.2 Å². The number of nitrogens with zero attached hydrogens (tertiary/aromatic N) is 1. The molecule has 0 aromatic heterocycles. The number of aliphatic carboxylic acids is 1. The summed E-state index contributed by atoms with van der Waals surface area (Å²) in [6.07, 6.45) is 3.10. The predicted octanol–water partition coefficient (Wildman–Crippen LogP) is 0.834. The number of urea groups is 1. The number of hydrogen-bond donors (Lipinski definition) is 2. The minimum absolute atomic E-state index is 0.0327. The number of ether oxygens (including phenoxy) is 1. The highest BCUT2D eigenvalue weighted by Gasteiger charge is 2.35. The van der Waals surface area contributed by atoms with Crippen molar-refractivity contribution in [2.45, 2.75) is 38.1 Å². The molecule has 1 heterocycles. The lowest BCUT2D eigenvalue weighted by Crippen LogP contribution is -2.49. The van der Waals surface area contributed by atoms with Crippen molar-refractivity contribution in [1.29, 1.82) is 0 Å². The van der Waals surface area contributed by atoms with Gasteiger partial charge in [0.2, 0.25) is 0 Å². The molecular formula is C14H22N2O5.